The molecule has 2 N–H and O–H groups in total. The maximum absolute atomic E-state index is 13.1. The zero-order valence-corrected chi connectivity index (χ0v) is 18.5. The van der Waals surface area contributed by atoms with E-state index in [1.807, 2.05) is 44.2 Å². The van der Waals surface area contributed by atoms with E-state index < -0.39 is 17.8 Å². The Kier molecular flexibility index (Phi) is 5.10. The van der Waals surface area contributed by atoms with Gasteiger partial charge in [-0.15, -0.1) is 0 Å². The van der Waals surface area contributed by atoms with Gasteiger partial charge in [0.25, 0.3) is 11.8 Å². The number of barbiturate groups is 1. The number of aryl methyl sites for hydroxylation is 1. The highest BCUT2D eigenvalue weighted by molar-refractivity contribution is 7.99. The highest BCUT2D eigenvalue weighted by atomic mass is 32.2. The predicted octanol–water partition coefficient (Wildman–Crippen LogP) is 4.59. The van der Waals surface area contributed by atoms with Crippen molar-refractivity contribution in [2.75, 3.05) is 4.90 Å². The molecule has 2 aromatic carbocycles. The highest BCUT2D eigenvalue weighted by Gasteiger charge is 2.37. The fraction of sp³-hybridized carbons (Fsp3) is 0.0833. The molecule has 2 aromatic heterocycles. The second kappa shape index (κ2) is 8.10. The van der Waals surface area contributed by atoms with Gasteiger partial charge < -0.3 is 9.40 Å². The molecule has 164 valence electrons. The number of urea groups is 1. The maximum Gasteiger partial charge on any atom is 0.335 e. The van der Waals surface area contributed by atoms with Crippen molar-refractivity contribution >= 4 is 52.4 Å². The summed E-state index contributed by atoms with van der Waals surface area (Å²) in [6.07, 6.45) is 1.34. The van der Waals surface area contributed by atoms with Gasteiger partial charge in [0.05, 0.1) is 16.7 Å². The van der Waals surface area contributed by atoms with Crippen LogP contribution in [0.3, 0.4) is 0 Å². The number of carbonyl (C=O) groups excluding carboxylic acids is 3. The van der Waals surface area contributed by atoms with Crippen molar-refractivity contribution in [2.45, 2.75) is 24.1 Å². The number of hydrogen-bond acceptors (Lipinski definition) is 6. The van der Waals surface area contributed by atoms with Crippen molar-refractivity contribution in [3.05, 3.63) is 77.1 Å². The topological polar surface area (TPSA) is 108 Å². The third-order valence-corrected chi connectivity index (χ3v) is 6.18. The van der Waals surface area contributed by atoms with Crippen molar-refractivity contribution in [1.29, 1.82) is 0 Å². The van der Waals surface area contributed by atoms with Gasteiger partial charge in [-0.05, 0) is 73.1 Å². The number of para-hydroxylation sites is 2. The van der Waals surface area contributed by atoms with Crippen LogP contribution < -0.4 is 10.2 Å². The third kappa shape index (κ3) is 3.83. The second-order valence-corrected chi connectivity index (χ2v) is 8.49. The molecule has 8 nitrogen and oxygen atoms in total. The number of anilines is 1. The first-order valence-corrected chi connectivity index (χ1v) is 10.9. The van der Waals surface area contributed by atoms with Gasteiger partial charge in [0.2, 0.25) is 0 Å². The molecule has 0 saturated carbocycles. The Morgan fingerprint density at radius 2 is 1.82 bits per heavy atom. The molecular formula is C24H18N4O4S. The van der Waals surface area contributed by atoms with E-state index in [2.05, 4.69) is 15.3 Å². The van der Waals surface area contributed by atoms with Gasteiger partial charge in [0, 0.05) is 0 Å². The van der Waals surface area contributed by atoms with Crippen molar-refractivity contribution in [1.82, 2.24) is 15.3 Å². The first kappa shape index (κ1) is 20.8. The minimum absolute atomic E-state index is 0.190. The summed E-state index contributed by atoms with van der Waals surface area (Å²) in [5.74, 6) is -1.17. The molecule has 0 radical (unpaired) electrons. The summed E-state index contributed by atoms with van der Waals surface area (Å²) < 4.78 is 5.78. The van der Waals surface area contributed by atoms with Crippen molar-refractivity contribution in [3.63, 3.8) is 0 Å². The molecular weight excluding hydrogens is 440 g/mol. The zero-order valence-electron chi connectivity index (χ0n) is 17.7. The molecule has 0 unspecified atom stereocenters. The lowest BCUT2D eigenvalue weighted by Crippen LogP contribution is -2.54. The van der Waals surface area contributed by atoms with Crippen LogP contribution in [0.15, 0.2) is 74.8 Å². The number of nitrogens with one attached hydrogen (secondary N) is 2. The molecule has 4 aromatic rings. The number of nitrogens with zero attached hydrogens (tertiary/aromatic N) is 2. The van der Waals surface area contributed by atoms with Crippen LogP contribution >= 0.6 is 11.8 Å². The Labute approximate surface area is 192 Å². The van der Waals surface area contributed by atoms with Gasteiger partial charge in [-0.3, -0.25) is 14.9 Å². The van der Waals surface area contributed by atoms with Crippen LogP contribution in [0.25, 0.3) is 17.1 Å². The predicted molar refractivity (Wildman–Crippen MR) is 124 cm³/mol. The first-order valence-electron chi connectivity index (χ1n) is 10.1. The number of hydrogen-bond donors (Lipinski definition) is 2. The Morgan fingerprint density at radius 1 is 1.00 bits per heavy atom. The number of imide groups is 2. The molecule has 3 heterocycles. The van der Waals surface area contributed by atoms with E-state index in [1.165, 1.54) is 17.8 Å². The van der Waals surface area contributed by atoms with Crippen LogP contribution in [-0.4, -0.2) is 27.8 Å². The fourth-order valence-electron chi connectivity index (χ4n) is 3.54. The molecule has 0 bridgehead atoms. The smallest absolute Gasteiger partial charge is 0.335 e. The molecule has 0 atom stereocenters. The minimum Gasteiger partial charge on any atom is -0.450 e. The number of carbonyl (C=O) groups is 3. The fourth-order valence-corrected chi connectivity index (χ4v) is 4.31. The van der Waals surface area contributed by atoms with Gasteiger partial charge in [-0.25, -0.2) is 14.7 Å². The normalized spacial score (nSPS) is 15.5. The summed E-state index contributed by atoms with van der Waals surface area (Å²) in [6, 6.07) is 15.6. The lowest BCUT2D eigenvalue weighted by atomic mass is 10.0. The van der Waals surface area contributed by atoms with E-state index in [0.29, 0.717) is 21.7 Å². The van der Waals surface area contributed by atoms with E-state index >= 15 is 0 Å². The third-order valence-electron chi connectivity index (χ3n) is 5.37. The molecule has 33 heavy (non-hydrogen) atoms. The van der Waals surface area contributed by atoms with E-state index in [9.17, 15) is 14.4 Å². The van der Waals surface area contributed by atoms with Gasteiger partial charge >= 0.3 is 6.03 Å². The molecule has 1 fully saturated rings. The summed E-state index contributed by atoms with van der Waals surface area (Å²) in [5, 5.41) is 3.42. The largest absolute Gasteiger partial charge is 0.450 e. The first-order chi connectivity index (χ1) is 15.9. The Balaban J connectivity index is 1.42. The van der Waals surface area contributed by atoms with Gasteiger partial charge in [0.1, 0.15) is 11.3 Å². The molecule has 1 aliphatic heterocycles. The molecule has 5 rings (SSSR count). The lowest BCUT2D eigenvalue weighted by molar-refractivity contribution is -0.122. The standard InChI is InChI=1S/C24H18N4O4S/c1-13-6-5-9-19(14(13)2)28-22(30)16(21(29)27-24(28)31)12-15-10-11-20(32-15)33-23-25-17-7-3-4-8-18(17)26-23/h3-12H,1-2H3,(H,25,26)(H,27,29,31)/b16-12+. The molecule has 0 spiro atoms. The van der Waals surface area contributed by atoms with Crippen LogP contribution in [0.1, 0.15) is 16.9 Å². The number of H-pyrrole nitrogens is 1. The van der Waals surface area contributed by atoms with Crippen molar-refractivity contribution in [2.24, 2.45) is 0 Å². The number of fused-ring (bicyclic) bond motifs is 1. The molecule has 1 aliphatic rings. The monoisotopic (exact) mass is 458 g/mol. The summed E-state index contributed by atoms with van der Waals surface area (Å²) in [4.78, 5) is 46.7. The van der Waals surface area contributed by atoms with Gasteiger partial charge in [-0.1, -0.05) is 24.3 Å². The van der Waals surface area contributed by atoms with Gasteiger partial charge in [0.15, 0.2) is 10.2 Å². The van der Waals surface area contributed by atoms with Crippen molar-refractivity contribution in [3.8, 4) is 0 Å². The summed E-state index contributed by atoms with van der Waals surface area (Å²) in [6.45, 7) is 3.70. The Bertz CT molecular complexity index is 1430. The number of aromatic nitrogens is 2. The summed E-state index contributed by atoms with van der Waals surface area (Å²) >= 11 is 1.29. The highest BCUT2D eigenvalue weighted by Crippen LogP contribution is 2.31. The molecule has 0 aliphatic carbocycles. The SMILES string of the molecule is Cc1cccc(N2C(=O)NC(=O)/C(=C\c3ccc(Sc4nc5ccccc5[nH]4)o3)C2=O)c1C. The Hall–Kier alpha value is -4.11. The number of benzene rings is 2. The van der Waals surface area contributed by atoms with Crippen LogP contribution in [0.2, 0.25) is 0 Å². The van der Waals surface area contributed by atoms with E-state index in [4.69, 9.17) is 4.42 Å². The molecule has 1 saturated heterocycles. The van der Waals surface area contributed by atoms with Crippen LogP contribution in [0.5, 0.6) is 0 Å². The quantitative estimate of drug-likeness (QED) is 0.342. The summed E-state index contributed by atoms with van der Waals surface area (Å²) in [7, 11) is 0. The lowest BCUT2D eigenvalue weighted by Gasteiger charge is -2.27. The summed E-state index contributed by atoms with van der Waals surface area (Å²) in [5.41, 5.74) is 3.69. The zero-order chi connectivity index (χ0) is 23.1. The molecule has 4 amide bonds. The van der Waals surface area contributed by atoms with Gasteiger partial charge in [-0.2, -0.15) is 0 Å². The van der Waals surface area contributed by atoms with Crippen LogP contribution in [0, 0.1) is 13.8 Å². The number of rotatable bonds is 4. The Morgan fingerprint density at radius 3 is 2.64 bits per heavy atom. The number of amides is 4. The number of furan rings is 1. The van der Waals surface area contributed by atoms with E-state index in [1.54, 1.807) is 24.3 Å². The number of imidazole rings is 1. The average Bonchev–Trinajstić information content (AvgIpc) is 3.40. The second-order valence-electron chi connectivity index (χ2n) is 7.49. The molecule has 9 heteroatoms. The average molecular weight is 458 g/mol. The van der Waals surface area contributed by atoms with E-state index in [-0.39, 0.29) is 5.57 Å². The van der Waals surface area contributed by atoms with E-state index in [0.717, 1.165) is 27.1 Å². The maximum atomic E-state index is 13.1. The minimum atomic E-state index is -0.781. The van der Waals surface area contributed by atoms with Crippen LogP contribution in [0.4, 0.5) is 10.5 Å². The van der Waals surface area contributed by atoms with Crippen molar-refractivity contribution < 1.29 is 18.8 Å². The van der Waals surface area contributed by atoms with Crippen LogP contribution in [-0.2, 0) is 9.59 Å². The number of aromatic amines is 1.